The first-order chi connectivity index (χ1) is 15.1. The van der Waals surface area contributed by atoms with E-state index >= 15 is 0 Å². The van der Waals surface area contributed by atoms with Gasteiger partial charge in [0.05, 0.1) is 24.8 Å². The van der Waals surface area contributed by atoms with Crippen molar-refractivity contribution in [2.45, 2.75) is 19.6 Å². The number of rotatable bonds is 5. The fourth-order valence-corrected chi connectivity index (χ4v) is 4.16. The van der Waals surface area contributed by atoms with Crippen molar-refractivity contribution in [3.05, 3.63) is 54.0 Å². The standard InChI is InChI=1S/C23H24N6O2/c1-14-12-29(7-8-30-14)13-22-27-28-23(31-22)18-9-15(10-20(25)19(18)11-24)16-3-2-4-21-17(16)5-6-26-21/h2-6,9-11,14,24,26H,7-8,12-13,25H2,1H3. The molecule has 1 unspecified atom stereocenters. The van der Waals surface area contributed by atoms with Crippen LogP contribution in [0.5, 0.6) is 0 Å². The summed E-state index contributed by atoms with van der Waals surface area (Å²) in [5, 5.41) is 17.5. The van der Waals surface area contributed by atoms with Gasteiger partial charge < -0.3 is 25.3 Å². The highest BCUT2D eigenvalue weighted by Gasteiger charge is 2.21. The van der Waals surface area contributed by atoms with E-state index in [1.165, 1.54) is 6.21 Å². The number of nitrogens with zero attached hydrogens (tertiary/aromatic N) is 3. The average molecular weight is 416 g/mol. The van der Waals surface area contributed by atoms with Gasteiger partial charge in [-0.2, -0.15) is 0 Å². The number of anilines is 1. The Labute approximate surface area is 179 Å². The second-order valence-electron chi connectivity index (χ2n) is 7.83. The second kappa shape index (κ2) is 7.98. The van der Waals surface area contributed by atoms with Crippen molar-refractivity contribution in [3.8, 4) is 22.6 Å². The van der Waals surface area contributed by atoms with Crippen LogP contribution in [-0.4, -0.2) is 52.1 Å². The Hall–Kier alpha value is -3.49. The van der Waals surface area contributed by atoms with Gasteiger partial charge in [0, 0.05) is 47.7 Å². The van der Waals surface area contributed by atoms with E-state index < -0.39 is 0 Å². The van der Waals surface area contributed by atoms with Gasteiger partial charge in [0.15, 0.2) is 0 Å². The van der Waals surface area contributed by atoms with Crippen molar-refractivity contribution in [2.75, 3.05) is 25.4 Å². The first-order valence-corrected chi connectivity index (χ1v) is 10.3. The normalized spacial score (nSPS) is 17.3. The van der Waals surface area contributed by atoms with Gasteiger partial charge in [-0.05, 0) is 42.3 Å². The van der Waals surface area contributed by atoms with Gasteiger partial charge in [0.25, 0.3) is 0 Å². The average Bonchev–Trinajstić information content (AvgIpc) is 3.42. The zero-order chi connectivity index (χ0) is 21.4. The maximum atomic E-state index is 7.87. The van der Waals surface area contributed by atoms with Crippen molar-refractivity contribution in [3.63, 3.8) is 0 Å². The molecule has 3 heterocycles. The maximum Gasteiger partial charge on any atom is 0.248 e. The molecule has 4 aromatic rings. The van der Waals surface area contributed by atoms with Crippen molar-refractivity contribution in [2.24, 2.45) is 0 Å². The summed E-state index contributed by atoms with van der Waals surface area (Å²) in [6.45, 7) is 4.98. The number of nitrogen functional groups attached to an aromatic ring is 1. The summed E-state index contributed by atoms with van der Waals surface area (Å²) in [6.07, 6.45) is 3.34. The molecular weight excluding hydrogens is 392 g/mol. The van der Waals surface area contributed by atoms with Crippen LogP contribution in [0.25, 0.3) is 33.5 Å². The third-order valence-corrected chi connectivity index (χ3v) is 5.64. The Balaban J connectivity index is 1.52. The van der Waals surface area contributed by atoms with Crippen molar-refractivity contribution in [1.29, 1.82) is 5.41 Å². The molecule has 0 spiro atoms. The van der Waals surface area contributed by atoms with Crippen LogP contribution in [0.2, 0.25) is 0 Å². The van der Waals surface area contributed by atoms with Crippen LogP contribution in [0.1, 0.15) is 18.4 Å². The Morgan fingerprint density at radius 1 is 1.26 bits per heavy atom. The number of aromatic amines is 1. The number of hydrogen-bond acceptors (Lipinski definition) is 7. The molecule has 1 saturated heterocycles. The zero-order valence-corrected chi connectivity index (χ0v) is 17.3. The molecule has 31 heavy (non-hydrogen) atoms. The van der Waals surface area contributed by atoms with E-state index in [9.17, 15) is 0 Å². The zero-order valence-electron chi connectivity index (χ0n) is 17.3. The molecular formula is C23H24N6O2. The van der Waals surface area contributed by atoms with E-state index in [0.29, 0.717) is 41.7 Å². The molecule has 1 fully saturated rings. The fraction of sp³-hybridized carbons (Fsp3) is 0.261. The van der Waals surface area contributed by atoms with Crippen molar-refractivity contribution >= 4 is 22.8 Å². The molecule has 1 aliphatic rings. The molecule has 8 nitrogen and oxygen atoms in total. The summed E-state index contributed by atoms with van der Waals surface area (Å²) in [6, 6.07) is 12.0. The number of fused-ring (bicyclic) bond motifs is 1. The maximum absolute atomic E-state index is 7.87. The van der Waals surface area contributed by atoms with E-state index in [2.05, 4.69) is 33.1 Å². The first kappa shape index (κ1) is 19.5. The fourth-order valence-electron chi connectivity index (χ4n) is 4.16. The molecule has 5 rings (SSSR count). The van der Waals surface area contributed by atoms with E-state index in [1.807, 2.05) is 36.5 Å². The number of H-pyrrole nitrogens is 1. The molecule has 2 aromatic carbocycles. The van der Waals surface area contributed by atoms with Gasteiger partial charge in [-0.15, -0.1) is 10.2 Å². The van der Waals surface area contributed by atoms with E-state index in [0.717, 1.165) is 35.1 Å². The van der Waals surface area contributed by atoms with E-state index in [4.69, 9.17) is 20.3 Å². The highest BCUT2D eigenvalue weighted by atomic mass is 16.5. The summed E-state index contributed by atoms with van der Waals surface area (Å²) in [5.41, 5.74) is 11.1. The summed E-state index contributed by atoms with van der Waals surface area (Å²) in [5.74, 6) is 0.904. The molecule has 0 bridgehead atoms. The Morgan fingerprint density at radius 3 is 3.00 bits per heavy atom. The summed E-state index contributed by atoms with van der Waals surface area (Å²) in [7, 11) is 0. The molecule has 158 valence electrons. The lowest BCUT2D eigenvalue weighted by molar-refractivity contribution is -0.0235. The van der Waals surface area contributed by atoms with Crippen LogP contribution >= 0.6 is 0 Å². The minimum atomic E-state index is 0.188. The second-order valence-corrected chi connectivity index (χ2v) is 7.83. The van der Waals surface area contributed by atoms with Gasteiger partial charge in [0.1, 0.15) is 0 Å². The van der Waals surface area contributed by atoms with Gasteiger partial charge in [-0.3, -0.25) is 4.90 Å². The quantitative estimate of drug-likeness (QED) is 0.337. The van der Waals surface area contributed by atoms with E-state index in [-0.39, 0.29) is 6.10 Å². The highest BCUT2D eigenvalue weighted by molar-refractivity contribution is 6.00. The lowest BCUT2D eigenvalue weighted by Crippen LogP contribution is -2.40. The predicted molar refractivity (Wildman–Crippen MR) is 120 cm³/mol. The molecule has 4 N–H and O–H groups in total. The largest absolute Gasteiger partial charge is 0.419 e. The monoisotopic (exact) mass is 416 g/mol. The summed E-state index contributed by atoms with van der Waals surface area (Å²) < 4.78 is 11.6. The summed E-state index contributed by atoms with van der Waals surface area (Å²) in [4.78, 5) is 5.47. The van der Waals surface area contributed by atoms with Crippen LogP contribution in [0.15, 0.2) is 47.0 Å². The smallest absolute Gasteiger partial charge is 0.248 e. The molecule has 1 atom stereocenters. The third kappa shape index (κ3) is 3.71. The number of nitrogens with one attached hydrogen (secondary N) is 2. The Bertz CT molecular complexity index is 1240. The van der Waals surface area contributed by atoms with Gasteiger partial charge in [-0.25, -0.2) is 0 Å². The third-order valence-electron chi connectivity index (χ3n) is 5.64. The summed E-state index contributed by atoms with van der Waals surface area (Å²) >= 11 is 0. The molecule has 1 aliphatic heterocycles. The number of aromatic nitrogens is 3. The molecule has 2 aromatic heterocycles. The number of ether oxygens (including phenoxy) is 1. The van der Waals surface area contributed by atoms with Crippen LogP contribution in [-0.2, 0) is 11.3 Å². The molecule has 0 amide bonds. The first-order valence-electron chi connectivity index (χ1n) is 10.3. The van der Waals surface area contributed by atoms with Crippen molar-refractivity contribution < 1.29 is 9.15 Å². The van der Waals surface area contributed by atoms with E-state index in [1.54, 1.807) is 0 Å². The Kier molecular flexibility index (Phi) is 5.01. The topological polar surface area (TPSA) is 117 Å². The van der Waals surface area contributed by atoms with Gasteiger partial charge in [-0.1, -0.05) is 12.1 Å². The molecule has 0 saturated carbocycles. The van der Waals surface area contributed by atoms with Crippen LogP contribution in [0, 0.1) is 5.41 Å². The number of nitrogens with two attached hydrogens (primary N) is 1. The minimum absolute atomic E-state index is 0.188. The molecule has 8 heteroatoms. The molecule has 0 radical (unpaired) electrons. The SMILES string of the molecule is CC1CN(Cc2nnc(-c3cc(-c4cccc5[nH]ccc45)cc(N)c3C=N)o2)CCO1. The Morgan fingerprint density at radius 2 is 2.16 bits per heavy atom. The van der Waals surface area contributed by atoms with Crippen LogP contribution in [0.4, 0.5) is 5.69 Å². The lowest BCUT2D eigenvalue weighted by Gasteiger charge is -2.29. The minimum Gasteiger partial charge on any atom is -0.419 e. The van der Waals surface area contributed by atoms with Crippen LogP contribution < -0.4 is 5.73 Å². The molecule has 0 aliphatic carbocycles. The predicted octanol–water partition coefficient (Wildman–Crippen LogP) is 3.69. The lowest BCUT2D eigenvalue weighted by atomic mass is 9.96. The highest BCUT2D eigenvalue weighted by Crippen LogP contribution is 2.35. The number of benzene rings is 2. The van der Waals surface area contributed by atoms with Gasteiger partial charge in [0.2, 0.25) is 11.8 Å². The van der Waals surface area contributed by atoms with Crippen molar-refractivity contribution in [1.82, 2.24) is 20.1 Å². The van der Waals surface area contributed by atoms with Crippen LogP contribution in [0.3, 0.4) is 0 Å². The number of morpholine rings is 1. The number of hydrogen-bond donors (Lipinski definition) is 3. The van der Waals surface area contributed by atoms with Gasteiger partial charge >= 0.3 is 0 Å².